The van der Waals surface area contributed by atoms with Crippen molar-refractivity contribution in [3.8, 4) is 0 Å². The number of benzene rings is 1. The zero-order valence-electron chi connectivity index (χ0n) is 18.2. The summed E-state index contributed by atoms with van der Waals surface area (Å²) in [5.41, 5.74) is 18.7. The highest BCUT2D eigenvalue weighted by Crippen LogP contribution is 2.51. The standard InChI is InChI=1S/C21H26F2N6O3S/c1-28-17(14-7-6-12(24)15(31-2)9-32-14)13(8-27-28)29-18(19(25)30)20(26)33-21(29)16-10(22)4-3-5-11(16)23/h3-5,8,12,14-15,21H,6-7,9,24,26H2,1-2H3,(H2,25,30)/t12-,14?,15-,21?/m0/s1. The third-order valence-electron chi connectivity index (χ3n) is 5.96. The highest BCUT2D eigenvalue weighted by molar-refractivity contribution is 8.03. The summed E-state index contributed by atoms with van der Waals surface area (Å²) >= 11 is 0.944. The average molecular weight is 481 g/mol. The molecule has 9 nitrogen and oxygen atoms in total. The van der Waals surface area contributed by atoms with Crippen LogP contribution in [0.2, 0.25) is 0 Å². The van der Waals surface area contributed by atoms with Gasteiger partial charge in [-0.3, -0.25) is 9.48 Å². The van der Waals surface area contributed by atoms with E-state index in [4.69, 9.17) is 26.7 Å². The van der Waals surface area contributed by atoms with Crippen LogP contribution >= 0.6 is 11.8 Å². The largest absolute Gasteiger partial charge is 0.392 e. The Morgan fingerprint density at radius 3 is 2.64 bits per heavy atom. The molecule has 0 spiro atoms. The summed E-state index contributed by atoms with van der Waals surface area (Å²) in [6.45, 7) is 0.258. The van der Waals surface area contributed by atoms with Crippen LogP contribution in [0, 0.1) is 11.6 Å². The molecule has 33 heavy (non-hydrogen) atoms. The second-order valence-electron chi connectivity index (χ2n) is 7.93. The number of hydrogen-bond donors (Lipinski definition) is 3. The van der Waals surface area contributed by atoms with Gasteiger partial charge in [0.05, 0.1) is 40.9 Å². The van der Waals surface area contributed by atoms with Crippen LogP contribution < -0.4 is 22.1 Å². The van der Waals surface area contributed by atoms with E-state index in [9.17, 15) is 13.6 Å². The molecule has 2 unspecified atom stereocenters. The van der Waals surface area contributed by atoms with E-state index < -0.39 is 29.0 Å². The summed E-state index contributed by atoms with van der Waals surface area (Å²) in [4.78, 5) is 13.8. The molecule has 1 aromatic heterocycles. The van der Waals surface area contributed by atoms with Gasteiger partial charge < -0.3 is 31.6 Å². The Morgan fingerprint density at radius 1 is 1.30 bits per heavy atom. The Bertz CT molecular complexity index is 1070. The van der Waals surface area contributed by atoms with E-state index in [2.05, 4.69) is 5.10 Å². The lowest BCUT2D eigenvalue weighted by molar-refractivity contribution is -0.114. The van der Waals surface area contributed by atoms with Crippen LogP contribution in [0.5, 0.6) is 0 Å². The van der Waals surface area contributed by atoms with Gasteiger partial charge in [0, 0.05) is 20.2 Å². The van der Waals surface area contributed by atoms with Crippen LogP contribution in [-0.2, 0) is 21.3 Å². The molecule has 4 rings (SSSR count). The van der Waals surface area contributed by atoms with E-state index in [1.807, 2.05) is 0 Å². The van der Waals surface area contributed by atoms with Gasteiger partial charge >= 0.3 is 0 Å². The number of amides is 1. The van der Waals surface area contributed by atoms with E-state index in [0.29, 0.717) is 24.2 Å². The zero-order chi connectivity index (χ0) is 23.9. The van der Waals surface area contributed by atoms with Crippen molar-refractivity contribution in [1.29, 1.82) is 0 Å². The second kappa shape index (κ2) is 9.29. The summed E-state index contributed by atoms with van der Waals surface area (Å²) in [6, 6.07) is 3.37. The minimum Gasteiger partial charge on any atom is -0.392 e. The number of anilines is 1. The maximum atomic E-state index is 14.8. The Balaban J connectivity index is 1.81. The van der Waals surface area contributed by atoms with Crippen LogP contribution in [0.4, 0.5) is 14.5 Å². The normalized spacial score (nSPS) is 26.0. The molecule has 4 atom stereocenters. The lowest BCUT2D eigenvalue weighted by Gasteiger charge is -2.29. The molecule has 0 bridgehead atoms. The number of carbonyl (C=O) groups is 1. The zero-order valence-corrected chi connectivity index (χ0v) is 19.0. The third kappa shape index (κ3) is 4.19. The smallest absolute Gasteiger partial charge is 0.268 e. The van der Waals surface area contributed by atoms with Crippen molar-refractivity contribution < 1.29 is 23.0 Å². The maximum absolute atomic E-state index is 14.8. The molecule has 1 saturated heterocycles. The van der Waals surface area contributed by atoms with Gasteiger partial charge in [-0.15, -0.1) is 0 Å². The van der Waals surface area contributed by atoms with Crippen LogP contribution in [0.15, 0.2) is 35.1 Å². The minimum atomic E-state index is -1.00. The van der Waals surface area contributed by atoms with Gasteiger partial charge in [-0.1, -0.05) is 17.8 Å². The van der Waals surface area contributed by atoms with Gasteiger partial charge in [0.2, 0.25) is 0 Å². The number of nitrogens with zero attached hydrogens (tertiary/aromatic N) is 3. The van der Waals surface area contributed by atoms with Gasteiger partial charge in [-0.05, 0) is 25.0 Å². The second-order valence-corrected chi connectivity index (χ2v) is 9.05. The number of thioether (sulfide) groups is 1. The monoisotopic (exact) mass is 480 g/mol. The molecule has 1 aromatic carbocycles. The lowest BCUT2D eigenvalue weighted by atomic mass is 10.0. The summed E-state index contributed by atoms with van der Waals surface area (Å²) < 4.78 is 42.6. The molecule has 1 amide bonds. The number of nitrogens with two attached hydrogens (primary N) is 3. The van der Waals surface area contributed by atoms with Crippen molar-refractivity contribution in [2.75, 3.05) is 18.6 Å². The molecule has 12 heteroatoms. The first-order valence-corrected chi connectivity index (χ1v) is 11.2. The van der Waals surface area contributed by atoms with Crippen LogP contribution in [-0.4, -0.2) is 41.6 Å². The number of aromatic nitrogens is 2. The highest BCUT2D eigenvalue weighted by atomic mass is 32.2. The first-order chi connectivity index (χ1) is 15.7. The quantitative estimate of drug-likeness (QED) is 0.589. The Hall–Kier alpha value is -2.67. The Kier molecular flexibility index (Phi) is 6.61. The topological polar surface area (TPSA) is 135 Å². The van der Waals surface area contributed by atoms with Crippen molar-refractivity contribution >= 4 is 23.4 Å². The van der Waals surface area contributed by atoms with E-state index in [1.165, 1.54) is 17.2 Å². The maximum Gasteiger partial charge on any atom is 0.268 e. The SMILES string of the molecule is CO[C@H]1COC(c2c(N3C(C(N)=O)=C(N)SC3c3c(F)cccc3F)cnn2C)CC[C@@H]1N. The molecular formula is C21H26F2N6O3S. The first-order valence-electron chi connectivity index (χ1n) is 10.4. The number of hydrogen-bond acceptors (Lipinski definition) is 8. The van der Waals surface area contributed by atoms with Crippen molar-refractivity contribution in [2.45, 2.75) is 36.5 Å². The number of rotatable bonds is 5. The third-order valence-corrected chi connectivity index (χ3v) is 7.08. The average Bonchev–Trinajstić information content (AvgIpc) is 3.23. The lowest BCUT2D eigenvalue weighted by Crippen LogP contribution is -2.37. The fourth-order valence-corrected chi connectivity index (χ4v) is 5.51. The Morgan fingerprint density at radius 2 is 2.00 bits per heavy atom. The number of ether oxygens (including phenoxy) is 2. The molecule has 3 heterocycles. The number of halogens is 2. The number of primary amides is 1. The number of methoxy groups -OCH3 is 1. The molecule has 1 fully saturated rings. The van der Waals surface area contributed by atoms with Crippen molar-refractivity contribution in [2.24, 2.45) is 24.2 Å². The summed E-state index contributed by atoms with van der Waals surface area (Å²) in [5, 5.41) is 3.40. The van der Waals surface area contributed by atoms with E-state index in [1.54, 1.807) is 18.8 Å². The van der Waals surface area contributed by atoms with Crippen molar-refractivity contribution in [3.63, 3.8) is 0 Å². The van der Waals surface area contributed by atoms with Gasteiger partial charge in [-0.25, -0.2) is 8.78 Å². The molecule has 178 valence electrons. The Labute approximate surface area is 193 Å². The predicted octanol–water partition coefficient (Wildman–Crippen LogP) is 1.76. The van der Waals surface area contributed by atoms with Gasteiger partial charge in [-0.2, -0.15) is 5.10 Å². The molecule has 2 aromatic rings. The minimum absolute atomic E-state index is 0.0537. The van der Waals surface area contributed by atoms with Crippen LogP contribution in [0.1, 0.15) is 35.6 Å². The van der Waals surface area contributed by atoms with Crippen LogP contribution in [0.3, 0.4) is 0 Å². The van der Waals surface area contributed by atoms with Gasteiger partial charge in [0.15, 0.2) is 0 Å². The molecule has 2 aliphatic rings. The van der Waals surface area contributed by atoms with E-state index in [-0.39, 0.29) is 35.0 Å². The van der Waals surface area contributed by atoms with E-state index >= 15 is 0 Å². The molecular weight excluding hydrogens is 454 g/mol. The highest BCUT2D eigenvalue weighted by Gasteiger charge is 2.42. The number of aryl methyl sites for hydroxylation is 1. The fourth-order valence-electron chi connectivity index (χ4n) is 4.29. The molecule has 0 saturated carbocycles. The molecule has 6 N–H and O–H groups in total. The van der Waals surface area contributed by atoms with Crippen LogP contribution in [0.25, 0.3) is 0 Å². The van der Waals surface area contributed by atoms with Gasteiger partial charge in [0.1, 0.15) is 28.8 Å². The molecule has 0 radical (unpaired) electrons. The predicted molar refractivity (Wildman–Crippen MR) is 119 cm³/mol. The fraction of sp³-hybridized carbons (Fsp3) is 0.429. The van der Waals surface area contributed by atoms with Crippen molar-refractivity contribution in [3.05, 3.63) is 58.0 Å². The molecule has 2 aliphatic heterocycles. The first kappa shape index (κ1) is 23.5. The summed E-state index contributed by atoms with van der Waals surface area (Å²) in [5.74, 6) is -2.35. The number of carbonyl (C=O) groups excluding carboxylic acids is 1. The van der Waals surface area contributed by atoms with Gasteiger partial charge in [0.25, 0.3) is 5.91 Å². The summed E-state index contributed by atoms with van der Waals surface area (Å²) in [7, 11) is 3.30. The summed E-state index contributed by atoms with van der Waals surface area (Å²) in [6.07, 6.45) is 1.95. The van der Waals surface area contributed by atoms with Crippen molar-refractivity contribution in [1.82, 2.24) is 9.78 Å². The van der Waals surface area contributed by atoms with E-state index in [0.717, 1.165) is 23.9 Å². The molecule has 0 aliphatic carbocycles.